The van der Waals surface area contributed by atoms with E-state index in [1.54, 1.807) is 12.3 Å². The van der Waals surface area contributed by atoms with Gasteiger partial charge in [-0.1, -0.05) is 48.2 Å². The highest BCUT2D eigenvalue weighted by Gasteiger charge is 2.28. The molecule has 1 unspecified atom stereocenters. The van der Waals surface area contributed by atoms with Crippen molar-refractivity contribution in [2.75, 3.05) is 0 Å². The van der Waals surface area contributed by atoms with E-state index in [9.17, 15) is 4.79 Å². The normalized spacial score (nSPS) is 21.4. The van der Waals surface area contributed by atoms with Crippen LogP contribution in [0.15, 0.2) is 53.2 Å². The number of carbonyl (C=O) groups is 1. The van der Waals surface area contributed by atoms with Crippen LogP contribution in [0.1, 0.15) is 12.0 Å². The minimum absolute atomic E-state index is 0.0337. The molecular weight excluding hydrogens is 246 g/mol. The van der Waals surface area contributed by atoms with Gasteiger partial charge in [0.25, 0.3) is 0 Å². The Labute approximate surface area is 110 Å². The van der Waals surface area contributed by atoms with E-state index in [1.165, 1.54) is 11.8 Å². The zero-order valence-electron chi connectivity index (χ0n) is 9.74. The number of thioether (sulfide) groups is 1. The van der Waals surface area contributed by atoms with Crippen LogP contribution >= 0.6 is 11.8 Å². The van der Waals surface area contributed by atoms with Gasteiger partial charge in [-0.3, -0.25) is 4.79 Å². The number of hydrogen-bond acceptors (Lipinski definition) is 4. The second-order valence-corrected chi connectivity index (χ2v) is 4.87. The predicted octanol–water partition coefficient (Wildman–Crippen LogP) is 2.18. The first-order valence-corrected chi connectivity index (χ1v) is 6.42. The summed E-state index contributed by atoms with van der Waals surface area (Å²) in [5.41, 5.74) is 0.971. The summed E-state index contributed by atoms with van der Waals surface area (Å²) >= 11 is 1.38. The Morgan fingerprint density at radius 3 is 2.89 bits per heavy atom. The fourth-order valence-electron chi connectivity index (χ4n) is 1.45. The van der Waals surface area contributed by atoms with E-state index in [0.29, 0.717) is 11.6 Å². The van der Waals surface area contributed by atoms with Crippen molar-refractivity contribution >= 4 is 29.1 Å². The van der Waals surface area contributed by atoms with Crippen LogP contribution in [0.3, 0.4) is 0 Å². The van der Waals surface area contributed by atoms with Gasteiger partial charge in [0, 0.05) is 0 Å². The van der Waals surface area contributed by atoms with Crippen molar-refractivity contribution in [3.63, 3.8) is 0 Å². The summed E-state index contributed by atoms with van der Waals surface area (Å²) in [7, 11) is 0. The fourth-order valence-corrected chi connectivity index (χ4v) is 2.37. The van der Waals surface area contributed by atoms with E-state index < -0.39 is 0 Å². The minimum atomic E-state index is -0.131. The Morgan fingerprint density at radius 1 is 1.39 bits per heavy atom. The molecule has 0 radical (unpaired) electrons. The van der Waals surface area contributed by atoms with Gasteiger partial charge in [0.15, 0.2) is 5.17 Å². The van der Waals surface area contributed by atoms with Gasteiger partial charge >= 0.3 is 0 Å². The molecule has 0 saturated carbocycles. The lowest BCUT2D eigenvalue weighted by molar-refractivity contribution is -0.118. The summed E-state index contributed by atoms with van der Waals surface area (Å²) in [6, 6.07) is 9.67. The summed E-state index contributed by atoms with van der Waals surface area (Å²) in [4.78, 5) is 11.5. The number of hydrogen-bond donors (Lipinski definition) is 1. The van der Waals surface area contributed by atoms with Gasteiger partial charge in [-0.2, -0.15) is 5.10 Å². The van der Waals surface area contributed by atoms with Crippen molar-refractivity contribution in [1.82, 2.24) is 5.32 Å². The molecule has 1 atom stereocenters. The molecule has 2 rings (SSSR count). The van der Waals surface area contributed by atoms with Crippen LogP contribution in [0, 0.1) is 0 Å². The molecule has 1 aromatic rings. The van der Waals surface area contributed by atoms with Crippen LogP contribution in [0.4, 0.5) is 0 Å². The maximum atomic E-state index is 11.5. The van der Waals surface area contributed by atoms with Crippen LogP contribution in [0.2, 0.25) is 0 Å². The standard InChI is InChI=1S/C13H13N3OS/c1-2-6-11-12(17)15-13(18-11)16-14-9-10-7-4-3-5-8-10/h2-5,7-9,11H,1,6H2,(H,15,16,17). The quantitative estimate of drug-likeness (QED) is 0.512. The summed E-state index contributed by atoms with van der Waals surface area (Å²) in [6.45, 7) is 3.62. The van der Waals surface area contributed by atoms with Crippen molar-refractivity contribution in [1.29, 1.82) is 0 Å². The maximum absolute atomic E-state index is 11.5. The Kier molecular flexibility index (Phi) is 4.30. The molecule has 4 nitrogen and oxygen atoms in total. The molecule has 1 fully saturated rings. The number of nitrogens with one attached hydrogen (secondary N) is 1. The van der Waals surface area contributed by atoms with Gasteiger partial charge in [-0.05, 0) is 12.0 Å². The number of rotatable bonds is 4. The Morgan fingerprint density at radius 2 is 2.17 bits per heavy atom. The summed E-state index contributed by atoms with van der Waals surface area (Å²) in [5, 5.41) is 11.0. The smallest absolute Gasteiger partial charge is 0.239 e. The van der Waals surface area contributed by atoms with Crippen LogP contribution in [0.25, 0.3) is 0 Å². The molecule has 92 valence electrons. The number of amides is 1. The molecule has 1 N–H and O–H groups in total. The van der Waals surface area contributed by atoms with Crippen molar-refractivity contribution in [2.45, 2.75) is 11.7 Å². The van der Waals surface area contributed by atoms with Crippen molar-refractivity contribution < 1.29 is 4.79 Å². The highest BCUT2D eigenvalue weighted by Crippen LogP contribution is 2.22. The van der Waals surface area contributed by atoms with Crippen LogP contribution in [-0.4, -0.2) is 22.5 Å². The highest BCUT2D eigenvalue weighted by molar-refractivity contribution is 8.15. The maximum Gasteiger partial charge on any atom is 0.239 e. The first kappa shape index (κ1) is 12.6. The summed E-state index contributed by atoms with van der Waals surface area (Å²) in [6.07, 6.45) is 4.02. The molecule has 1 saturated heterocycles. The second kappa shape index (κ2) is 6.16. The summed E-state index contributed by atoms with van der Waals surface area (Å²) in [5.74, 6) is -0.0337. The van der Waals surface area contributed by atoms with E-state index in [1.807, 2.05) is 30.3 Å². The molecule has 1 aliphatic rings. The molecule has 18 heavy (non-hydrogen) atoms. The average Bonchev–Trinajstić information content (AvgIpc) is 2.72. The molecule has 1 aliphatic heterocycles. The number of benzene rings is 1. The van der Waals surface area contributed by atoms with Gasteiger partial charge in [0.1, 0.15) is 0 Å². The molecule has 1 heterocycles. The van der Waals surface area contributed by atoms with Gasteiger partial charge in [0.05, 0.1) is 11.5 Å². The predicted molar refractivity (Wildman–Crippen MR) is 75.8 cm³/mol. The third kappa shape index (κ3) is 3.30. The average molecular weight is 259 g/mol. The zero-order chi connectivity index (χ0) is 12.8. The van der Waals surface area contributed by atoms with Gasteiger partial charge in [-0.15, -0.1) is 11.7 Å². The van der Waals surface area contributed by atoms with Gasteiger partial charge in [0.2, 0.25) is 5.91 Å². The van der Waals surface area contributed by atoms with E-state index in [4.69, 9.17) is 0 Å². The lowest BCUT2D eigenvalue weighted by Gasteiger charge is -1.96. The Hall–Kier alpha value is -1.88. The van der Waals surface area contributed by atoms with Crippen molar-refractivity contribution in [3.8, 4) is 0 Å². The lowest BCUT2D eigenvalue weighted by atomic mass is 10.2. The topological polar surface area (TPSA) is 53.8 Å². The minimum Gasteiger partial charge on any atom is -0.303 e. The Balaban J connectivity index is 1.97. The SMILES string of the molecule is C=CCC1S/C(=N\N=Cc2ccccc2)NC1=O. The molecule has 1 amide bonds. The molecule has 0 spiro atoms. The lowest BCUT2D eigenvalue weighted by Crippen LogP contribution is -2.24. The van der Waals surface area contributed by atoms with Crippen LogP contribution in [0.5, 0.6) is 0 Å². The van der Waals surface area contributed by atoms with E-state index in [0.717, 1.165) is 5.56 Å². The van der Waals surface area contributed by atoms with E-state index >= 15 is 0 Å². The van der Waals surface area contributed by atoms with Crippen LogP contribution < -0.4 is 5.32 Å². The third-order valence-electron chi connectivity index (χ3n) is 2.31. The third-order valence-corrected chi connectivity index (χ3v) is 3.41. The van der Waals surface area contributed by atoms with E-state index in [-0.39, 0.29) is 11.2 Å². The number of allylic oxidation sites excluding steroid dienone is 1. The molecule has 0 aliphatic carbocycles. The molecule has 5 heteroatoms. The molecule has 0 bridgehead atoms. The molecular formula is C13H13N3OS. The second-order valence-electron chi connectivity index (χ2n) is 3.68. The van der Waals surface area contributed by atoms with Gasteiger partial charge < -0.3 is 5.32 Å². The first-order chi connectivity index (χ1) is 8.79. The number of carbonyl (C=O) groups excluding carboxylic acids is 1. The number of amidine groups is 1. The monoisotopic (exact) mass is 259 g/mol. The number of nitrogens with zero attached hydrogens (tertiary/aromatic N) is 2. The highest BCUT2D eigenvalue weighted by atomic mass is 32.2. The molecule has 0 aromatic heterocycles. The Bertz CT molecular complexity index is 496. The van der Waals surface area contributed by atoms with Crippen molar-refractivity contribution in [3.05, 3.63) is 48.6 Å². The first-order valence-electron chi connectivity index (χ1n) is 5.54. The van der Waals surface area contributed by atoms with Gasteiger partial charge in [-0.25, -0.2) is 0 Å². The van der Waals surface area contributed by atoms with Crippen LogP contribution in [-0.2, 0) is 4.79 Å². The molecule has 1 aromatic carbocycles. The van der Waals surface area contributed by atoms with E-state index in [2.05, 4.69) is 22.1 Å². The zero-order valence-corrected chi connectivity index (χ0v) is 10.6. The summed E-state index contributed by atoms with van der Waals surface area (Å²) < 4.78 is 0. The fraction of sp³-hybridized carbons (Fsp3) is 0.154. The largest absolute Gasteiger partial charge is 0.303 e. The van der Waals surface area contributed by atoms with Crippen molar-refractivity contribution in [2.24, 2.45) is 10.2 Å².